The summed E-state index contributed by atoms with van der Waals surface area (Å²) in [6.45, 7) is 17.8. The molecule has 0 amide bonds. The van der Waals surface area contributed by atoms with E-state index in [-0.39, 0.29) is 30.3 Å². The molecule has 0 aliphatic carbocycles. The molecule has 1 heterocycles. The van der Waals surface area contributed by atoms with Crippen LogP contribution in [-0.4, -0.2) is 40.0 Å². The average molecular weight is 542 g/mol. The molecule has 2 aromatic rings. The molecular formula is C29H46F3N3O3. The van der Waals surface area contributed by atoms with Crippen LogP contribution in [0.3, 0.4) is 0 Å². The minimum absolute atomic E-state index is 0.0166. The SMILES string of the molecule is CC.CC(C)c1nc(-c2cccc(CO)c2)no1.CCC(C)C.CCCC(=O)/C(C)=C/C(=NC)C(F)(F)F. The van der Waals surface area contributed by atoms with Gasteiger partial charge in [0, 0.05) is 24.9 Å². The van der Waals surface area contributed by atoms with Crippen molar-refractivity contribution < 1.29 is 27.6 Å². The number of nitrogens with zero attached hydrogens (tertiary/aromatic N) is 3. The monoisotopic (exact) mass is 541 g/mol. The number of aromatic nitrogens is 2. The molecule has 9 heteroatoms. The van der Waals surface area contributed by atoms with Gasteiger partial charge in [0.1, 0.15) is 5.71 Å². The quantitative estimate of drug-likeness (QED) is 0.268. The van der Waals surface area contributed by atoms with Crippen molar-refractivity contribution >= 4 is 11.5 Å². The summed E-state index contributed by atoms with van der Waals surface area (Å²) < 4.78 is 41.9. The van der Waals surface area contributed by atoms with Crippen LogP contribution in [0, 0.1) is 5.92 Å². The maximum absolute atomic E-state index is 12.2. The molecule has 1 N–H and O–H groups in total. The van der Waals surface area contributed by atoms with Gasteiger partial charge in [0.05, 0.1) is 6.61 Å². The fraction of sp³-hybridized carbons (Fsp3) is 0.586. The van der Waals surface area contributed by atoms with Gasteiger partial charge in [0.15, 0.2) is 5.78 Å². The molecular weight excluding hydrogens is 495 g/mol. The predicted octanol–water partition coefficient (Wildman–Crippen LogP) is 8.37. The molecule has 0 unspecified atom stereocenters. The highest BCUT2D eigenvalue weighted by Gasteiger charge is 2.33. The topological polar surface area (TPSA) is 88.6 Å². The second kappa shape index (κ2) is 20.2. The highest BCUT2D eigenvalue weighted by Crippen LogP contribution is 2.21. The third-order valence-corrected chi connectivity index (χ3v) is 4.92. The first-order valence-corrected chi connectivity index (χ1v) is 13.1. The van der Waals surface area contributed by atoms with E-state index in [1.54, 1.807) is 6.92 Å². The van der Waals surface area contributed by atoms with Gasteiger partial charge < -0.3 is 9.63 Å². The molecule has 0 saturated carbocycles. The summed E-state index contributed by atoms with van der Waals surface area (Å²) in [7, 11) is 1.05. The summed E-state index contributed by atoms with van der Waals surface area (Å²) in [4.78, 5) is 18.6. The van der Waals surface area contributed by atoms with Gasteiger partial charge in [-0.2, -0.15) is 18.2 Å². The Kier molecular flexibility index (Phi) is 19.8. The maximum Gasteiger partial charge on any atom is 0.432 e. The number of allylic oxidation sites excluding steroid dienone is 2. The molecule has 0 aliphatic heterocycles. The van der Waals surface area contributed by atoms with E-state index < -0.39 is 11.9 Å². The Bertz CT molecular complexity index is 979. The van der Waals surface area contributed by atoms with Crippen molar-refractivity contribution in [1.29, 1.82) is 0 Å². The van der Waals surface area contributed by atoms with Crippen LogP contribution in [0.5, 0.6) is 0 Å². The number of hydrogen-bond acceptors (Lipinski definition) is 6. The van der Waals surface area contributed by atoms with Crippen molar-refractivity contribution in [2.75, 3.05) is 7.05 Å². The molecule has 0 aliphatic rings. The van der Waals surface area contributed by atoms with Gasteiger partial charge in [-0.3, -0.25) is 9.79 Å². The van der Waals surface area contributed by atoms with Gasteiger partial charge in [-0.15, -0.1) is 0 Å². The zero-order chi connectivity index (χ0) is 29.9. The van der Waals surface area contributed by atoms with Crippen molar-refractivity contribution in [3.63, 3.8) is 0 Å². The summed E-state index contributed by atoms with van der Waals surface area (Å²) in [5, 5.41) is 13.0. The minimum Gasteiger partial charge on any atom is -0.392 e. The average Bonchev–Trinajstić information content (AvgIpc) is 3.39. The molecule has 38 heavy (non-hydrogen) atoms. The molecule has 0 atom stereocenters. The Hall–Kier alpha value is -2.81. The lowest BCUT2D eigenvalue weighted by Crippen LogP contribution is -2.21. The standard InChI is InChI=1S/C12H14N2O2.C10H14F3NO.C5H12.C2H6/c1-8(2)12-13-11(14-16-12)10-5-3-4-9(6-10)7-15;1-4-5-8(15)7(2)6-9(14-3)10(11,12)13;1-4-5(2)3;1-2/h3-6,8,15H,7H2,1-2H3;6H,4-5H2,1-3H3;5H,4H2,1-3H3;1-2H3/b;7-6+,14-9?;;. The second-order valence-electron chi connectivity index (χ2n) is 8.88. The van der Waals surface area contributed by atoms with Gasteiger partial charge in [0.2, 0.25) is 11.7 Å². The first-order chi connectivity index (χ1) is 17.8. The van der Waals surface area contributed by atoms with Crippen LogP contribution >= 0.6 is 0 Å². The lowest BCUT2D eigenvalue weighted by atomic mass is 10.1. The van der Waals surface area contributed by atoms with Crippen LogP contribution in [0.25, 0.3) is 11.4 Å². The van der Waals surface area contributed by atoms with Crippen molar-refractivity contribution in [2.45, 2.75) is 100 Å². The van der Waals surface area contributed by atoms with Crippen LogP contribution in [0.1, 0.15) is 98.9 Å². The fourth-order valence-corrected chi connectivity index (χ4v) is 2.38. The molecule has 2 rings (SSSR count). The van der Waals surface area contributed by atoms with E-state index in [4.69, 9.17) is 9.63 Å². The van der Waals surface area contributed by atoms with E-state index >= 15 is 0 Å². The molecule has 1 aromatic heterocycles. The number of hydrogen-bond donors (Lipinski definition) is 1. The molecule has 0 radical (unpaired) electrons. The first-order valence-electron chi connectivity index (χ1n) is 13.1. The summed E-state index contributed by atoms with van der Waals surface area (Å²) in [5.74, 6) is 2.03. The third kappa shape index (κ3) is 15.4. The van der Waals surface area contributed by atoms with E-state index in [0.717, 1.165) is 30.2 Å². The van der Waals surface area contributed by atoms with Crippen molar-refractivity contribution in [2.24, 2.45) is 10.9 Å². The van der Waals surface area contributed by atoms with Crippen LogP contribution < -0.4 is 0 Å². The molecule has 216 valence electrons. The lowest BCUT2D eigenvalue weighted by molar-refractivity contribution is -0.115. The van der Waals surface area contributed by atoms with Crippen LogP contribution in [0.4, 0.5) is 13.2 Å². The number of ketones is 1. The van der Waals surface area contributed by atoms with E-state index in [2.05, 4.69) is 35.9 Å². The largest absolute Gasteiger partial charge is 0.432 e. The van der Waals surface area contributed by atoms with E-state index in [9.17, 15) is 18.0 Å². The number of benzene rings is 1. The van der Waals surface area contributed by atoms with Gasteiger partial charge in [-0.1, -0.05) is 85.2 Å². The minimum atomic E-state index is -4.50. The second-order valence-corrected chi connectivity index (χ2v) is 8.88. The molecule has 1 aromatic carbocycles. The van der Waals surface area contributed by atoms with Crippen LogP contribution in [-0.2, 0) is 11.4 Å². The zero-order valence-electron chi connectivity index (χ0n) is 24.6. The van der Waals surface area contributed by atoms with Gasteiger partial charge in [0.25, 0.3) is 0 Å². The predicted molar refractivity (Wildman–Crippen MR) is 149 cm³/mol. The zero-order valence-corrected chi connectivity index (χ0v) is 24.6. The van der Waals surface area contributed by atoms with E-state index in [1.165, 1.54) is 13.3 Å². The van der Waals surface area contributed by atoms with Gasteiger partial charge in [-0.25, -0.2) is 0 Å². The third-order valence-electron chi connectivity index (χ3n) is 4.92. The number of Topliss-reactive ketones (excluding diaryl/α,β-unsaturated/α-hetero) is 1. The maximum atomic E-state index is 12.2. The summed E-state index contributed by atoms with van der Waals surface area (Å²) >= 11 is 0. The van der Waals surface area contributed by atoms with Gasteiger partial charge >= 0.3 is 6.18 Å². The highest BCUT2D eigenvalue weighted by molar-refractivity contribution is 6.06. The van der Waals surface area contributed by atoms with E-state index in [0.29, 0.717) is 18.1 Å². The Morgan fingerprint density at radius 2 is 1.74 bits per heavy atom. The smallest absolute Gasteiger partial charge is 0.392 e. The fourth-order valence-electron chi connectivity index (χ4n) is 2.38. The molecule has 0 saturated heterocycles. The van der Waals surface area contributed by atoms with Crippen molar-refractivity contribution in [1.82, 2.24) is 10.1 Å². The Labute approximate surface area is 226 Å². The van der Waals surface area contributed by atoms with Crippen LogP contribution in [0.15, 0.2) is 45.4 Å². The number of rotatable bonds is 8. The molecule has 0 fully saturated rings. The molecule has 6 nitrogen and oxygen atoms in total. The number of aliphatic imine (C=N–C) groups is 1. The molecule has 0 spiro atoms. The number of aliphatic hydroxyl groups excluding tert-OH is 1. The van der Waals surface area contributed by atoms with E-state index in [1.807, 2.05) is 52.0 Å². The lowest BCUT2D eigenvalue weighted by Gasteiger charge is -2.06. The van der Waals surface area contributed by atoms with Crippen molar-refractivity contribution in [3.8, 4) is 11.4 Å². The Morgan fingerprint density at radius 3 is 2.13 bits per heavy atom. The number of carbonyl (C=O) groups excluding carboxylic acids is 1. The summed E-state index contributed by atoms with van der Waals surface area (Å²) in [6, 6.07) is 7.47. The number of halogens is 3. The van der Waals surface area contributed by atoms with Crippen molar-refractivity contribution in [3.05, 3.63) is 47.4 Å². The Morgan fingerprint density at radius 1 is 1.16 bits per heavy atom. The number of alkyl halides is 3. The molecule has 0 bridgehead atoms. The normalized spacial score (nSPS) is 11.7. The summed E-state index contributed by atoms with van der Waals surface area (Å²) in [5.41, 5.74) is 0.773. The van der Waals surface area contributed by atoms with Crippen LogP contribution in [0.2, 0.25) is 0 Å². The first kappa shape index (κ1) is 37.3. The summed E-state index contributed by atoms with van der Waals surface area (Å²) in [6.07, 6.45) is -1.52. The van der Waals surface area contributed by atoms with Gasteiger partial charge in [-0.05, 0) is 42.5 Å². The highest BCUT2D eigenvalue weighted by atomic mass is 19.4. The number of aliphatic hydroxyl groups is 1. The number of carbonyl (C=O) groups is 1. The Balaban J connectivity index is 0.